The molecule has 3 saturated heterocycles. The largest absolute Gasteiger partial charge is 0.356 e. The van der Waals surface area contributed by atoms with E-state index in [0.29, 0.717) is 32.4 Å². The van der Waals surface area contributed by atoms with E-state index in [2.05, 4.69) is 35.5 Å². The maximum Gasteiger partial charge on any atom is 0.243 e. The first kappa shape index (κ1) is 23.5. The van der Waals surface area contributed by atoms with E-state index in [9.17, 15) is 19.6 Å². The van der Waals surface area contributed by atoms with E-state index in [4.69, 9.17) is 0 Å². The predicted octanol–water partition coefficient (Wildman–Crippen LogP) is 1.41. The summed E-state index contributed by atoms with van der Waals surface area (Å²) in [4.78, 5) is 42.7. The van der Waals surface area contributed by atoms with Crippen molar-refractivity contribution in [3.8, 4) is 6.07 Å². The number of hydrogen-bond acceptors (Lipinski definition) is 5. The fraction of sp³-hybridized carbons (Fsp3) is 0.826. The standard InChI is InChI=1S/C23H37N5O3/c1-4-16(2)13-19(21(30)26-18(15-24)14-17-7-10-25-20(17)29)28-12-9-23(22(28)31)8-5-6-11-27(23)3/h16-19H,4-14H2,1-3H3,(H,25,29)(H,26,30)/t16?,17-,18-,19-,23?/m0/s1. The van der Waals surface area contributed by atoms with Gasteiger partial charge in [-0.25, -0.2) is 0 Å². The van der Waals surface area contributed by atoms with Crippen LogP contribution in [0.25, 0.3) is 0 Å². The van der Waals surface area contributed by atoms with E-state index in [-0.39, 0.29) is 29.6 Å². The lowest BCUT2D eigenvalue weighted by atomic mass is 9.85. The van der Waals surface area contributed by atoms with Crippen molar-refractivity contribution in [2.45, 2.75) is 82.8 Å². The zero-order valence-corrected chi connectivity index (χ0v) is 19.2. The number of likely N-dealkylation sites (N-methyl/N-ethyl adjacent to an activating group) is 1. The Morgan fingerprint density at radius 2 is 2.10 bits per heavy atom. The Morgan fingerprint density at radius 3 is 2.71 bits per heavy atom. The summed E-state index contributed by atoms with van der Waals surface area (Å²) in [6.07, 6.45) is 6.21. The Hall–Kier alpha value is -2.14. The molecule has 3 aliphatic heterocycles. The molecular weight excluding hydrogens is 394 g/mol. The number of rotatable bonds is 8. The monoisotopic (exact) mass is 431 g/mol. The topological polar surface area (TPSA) is 106 Å². The SMILES string of the molecule is CCC(C)C[C@@H](C(=O)N[C@H](C#N)C[C@@H]1CCNC1=O)N1CCC2(CCCCN2C)C1=O. The summed E-state index contributed by atoms with van der Waals surface area (Å²) >= 11 is 0. The van der Waals surface area contributed by atoms with Crippen LogP contribution in [0.3, 0.4) is 0 Å². The third-order valence-corrected chi connectivity index (χ3v) is 7.65. The van der Waals surface area contributed by atoms with Gasteiger partial charge in [0.2, 0.25) is 17.7 Å². The summed E-state index contributed by atoms with van der Waals surface area (Å²) < 4.78 is 0. The highest BCUT2D eigenvalue weighted by Crippen LogP contribution is 2.38. The maximum absolute atomic E-state index is 13.6. The predicted molar refractivity (Wildman–Crippen MR) is 117 cm³/mol. The normalized spacial score (nSPS) is 29.5. The minimum absolute atomic E-state index is 0.0531. The second kappa shape index (κ2) is 9.99. The number of carbonyl (C=O) groups is 3. The minimum Gasteiger partial charge on any atom is -0.356 e. The number of piperidine rings is 1. The summed E-state index contributed by atoms with van der Waals surface area (Å²) in [5, 5.41) is 15.2. The lowest BCUT2D eigenvalue weighted by Crippen LogP contribution is -2.58. The molecule has 0 aromatic rings. The number of carbonyl (C=O) groups excluding carboxylic acids is 3. The summed E-state index contributed by atoms with van der Waals surface area (Å²) in [5.74, 6) is -0.227. The minimum atomic E-state index is -0.732. The molecule has 0 bridgehead atoms. The van der Waals surface area contributed by atoms with Gasteiger partial charge in [0.15, 0.2) is 0 Å². The Bertz CT molecular complexity index is 735. The average Bonchev–Trinajstić information content (AvgIpc) is 3.31. The molecule has 0 saturated carbocycles. The molecule has 0 aliphatic carbocycles. The van der Waals surface area contributed by atoms with Gasteiger partial charge in [-0.05, 0) is 64.5 Å². The lowest BCUT2D eigenvalue weighted by molar-refractivity contribution is -0.145. The Kier molecular flexibility index (Phi) is 7.58. The Balaban J connectivity index is 1.74. The van der Waals surface area contributed by atoms with E-state index in [0.717, 1.165) is 38.6 Å². The number of hydrogen-bond donors (Lipinski definition) is 2. The second-order valence-corrected chi connectivity index (χ2v) is 9.63. The van der Waals surface area contributed by atoms with Crippen LogP contribution in [-0.4, -0.2) is 71.8 Å². The van der Waals surface area contributed by atoms with Gasteiger partial charge >= 0.3 is 0 Å². The molecule has 3 amide bonds. The molecule has 31 heavy (non-hydrogen) atoms. The van der Waals surface area contributed by atoms with Gasteiger partial charge in [0.25, 0.3) is 0 Å². The van der Waals surface area contributed by atoms with E-state index in [1.54, 1.807) is 4.90 Å². The summed E-state index contributed by atoms with van der Waals surface area (Å²) in [6.45, 7) is 6.26. The van der Waals surface area contributed by atoms with Crippen LogP contribution in [0.2, 0.25) is 0 Å². The number of nitrogens with one attached hydrogen (secondary N) is 2. The van der Waals surface area contributed by atoms with Crippen LogP contribution >= 0.6 is 0 Å². The molecular formula is C23H37N5O3. The van der Waals surface area contributed by atoms with Crippen molar-refractivity contribution in [3.63, 3.8) is 0 Å². The van der Waals surface area contributed by atoms with Crippen LogP contribution in [0, 0.1) is 23.2 Å². The first-order valence-electron chi connectivity index (χ1n) is 11.8. The molecule has 172 valence electrons. The first-order chi connectivity index (χ1) is 14.8. The van der Waals surface area contributed by atoms with Crippen molar-refractivity contribution in [2.75, 3.05) is 26.7 Å². The van der Waals surface area contributed by atoms with Crippen LogP contribution in [0.5, 0.6) is 0 Å². The zero-order valence-electron chi connectivity index (χ0n) is 19.2. The first-order valence-corrected chi connectivity index (χ1v) is 11.8. The van der Waals surface area contributed by atoms with Gasteiger partial charge < -0.3 is 15.5 Å². The number of likely N-dealkylation sites (tertiary alicyclic amines) is 2. The molecule has 3 rings (SSSR count). The molecule has 2 N–H and O–H groups in total. The lowest BCUT2D eigenvalue weighted by Gasteiger charge is -2.41. The Morgan fingerprint density at radius 1 is 1.32 bits per heavy atom. The molecule has 1 spiro atoms. The highest BCUT2D eigenvalue weighted by atomic mass is 16.2. The van der Waals surface area contributed by atoms with E-state index >= 15 is 0 Å². The molecule has 8 heteroatoms. The summed E-state index contributed by atoms with van der Waals surface area (Å²) in [6, 6.07) is 0.835. The van der Waals surface area contributed by atoms with E-state index < -0.39 is 17.6 Å². The number of nitriles is 1. The second-order valence-electron chi connectivity index (χ2n) is 9.63. The van der Waals surface area contributed by atoms with Gasteiger partial charge in [-0.15, -0.1) is 0 Å². The maximum atomic E-state index is 13.6. The van der Waals surface area contributed by atoms with Gasteiger partial charge in [0.05, 0.1) is 6.07 Å². The van der Waals surface area contributed by atoms with Crippen molar-refractivity contribution in [1.29, 1.82) is 5.26 Å². The molecule has 3 fully saturated rings. The van der Waals surface area contributed by atoms with E-state index in [1.807, 2.05) is 7.05 Å². The van der Waals surface area contributed by atoms with Crippen molar-refractivity contribution in [3.05, 3.63) is 0 Å². The highest BCUT2D eigenvalue weighted by Gasteiger charge is 2.52. The van der Waals surface area contributed by atoms with Crippen LogP contribution < -0.4 is 10.6 Å². The number of amides is 3. The molecule has 3 aliphatic rings. The van der Waals surface area contributed by atoms with Crippen LogP contribution in [0.4, 0.5) is 0 Å². The fourth-order valence-corrected chi connectivity index (χ4v) is 5.33. The molecule has 5 atom stereocenters. The summed E-state index contributed by atoms with van der Waals surface area (Å²) in [5.41, 5.74) is -0.483. The van der Waals surface area contributed by atoms with Gasteiger partial charge in [0.1, 0.15) is 17.6 Å². The van der Waals surface area contributed by atoms with Crippen LogP contribution in [-0.2, 0) is 14.4 Å². The van der Waals surface area contributed by atoms with Crippen LogP contribution in [0.1, 0.15) is 65.2 Å². The third kappa shape index (κ3) is 4.87. The highest BCUT2D eigenvalue weighted by molar-refractivity contribution is 5.94. The van der Waals surface area contributed by atoms with Crippen molar-refractivity contribution in [2.24, 2.45) is 11.8 Å². The van der Waals surface area contributed by atoms with Crippen LogP contribution in [0.15, 0.2) is 0 Å². The molecule has 8 nitrogen and oxygen atoms in total. The molecule has 3 heterocycles. The van der Waals surface area contributed by atoms with Crippen molar-refractivity contribution < 1.29 is 14.4 Å². The van der Waals surface area contributed by atoms with E-state index in [1.165, 1.54) is 0 Å². The molecule has 0 radical (unpaired) electrons. The van der Waals surface area contributed by atoms with Gasteiger partial charge in [-0.2, -0.15) is 5.26 Å². The average molecular weight is 432 g/mol. The third-order valence-electron chi connectivity index (χ3n) is 7.65. The fourth-order valence-electron chi connectivity index (χ4n) is 5.33. The Labute approximate surface area is 185 Å². The van der Waals surface area contributed by atoms with Gasteiger partial charge in [0, 0.05) is 19.0 Å². The van der Waals surface area contributed by atoms with Gasteiger partial charge in [-0.3, -0.25) is 19.3 Å². The summed E-state index contributed by atoms with van der Waals surface area (Å²) in [7, 11) is 2.02. The van der Waals surface area contributed by atoms with Crippen molar-refractivity contribution >= 4 is 17.7 Å². The quantitative estimate of drug-likeness (QED) is 0.605. The zero-order chi connectivity index (χ0) is 22.6. The molecule has 2 unspecified atom stereocenters. The van der Waals surface area contributed by atoms with Crippen molar-refractivity contribution in [1.82, 2.24) is 20.4 Å². The van der Waals surface area contributed by atoms with Gasteiger partial charge in [-0.1, -0.05) is 20.3 Å². The smallest absolute Gasteiger partial charge is 0.243 e. The molecule has 0 aromatic heterocycles. The molecule has 0 aromatic carbocycles. The number of nitrogens with zero attached hydrogens (tertiary/aromatic N) is 3.